The van der Waals surface area contributed by atoms with Crippen molar-refractivity contribution in [2.24, 2.45) is 0 Å². The van der Waals surface area contributed by atoms with E-state index in [1.807, 2.05) is 31.2 Å². The molecule has 1 N–H and O–H groups in total. The molecule has 0 amide bonds. The van der Waals surface area contributed by atoms with Crippen molar-refractivity contribution < 1.29 is 13.5 Å². The highest BCUT2D eigenvalue weighted by molar-refractivity contribution is 5.94. The lowest BCUT2D eigenvalue weighted by atomic mass is 10.0. The van der Waals surface area contributed by atoms with Crippen molar-refractivity contribution in [1.82, 2.24) is 15.2 Å². The van der Waals surface area contributed by atoms with E-state index >= 15 is 0 Å². The molecule has 2 aromatic heterocycles. The van der Waals surface area contributed by atoms with E-state index in [4.69, 9.17) is 4.74 Å². The fourth-order valence-electron chi connectivity index (χ4n) is 3.33. The van der Waals surface area contributed by atoms with Crippen molar-refractivity contribution >= 4 is 10.9 Å². The number of pyridine rings is 1. The number of benzene rings is 2. The Bertz CT molecular complexity index is 1110. The topological polar surface area (TPSA) is 50.8 Å². The number of hydrogen-bond acceptors (Lipinski definition) is 3. The Kier molecular flexibility index (Phi) is 4.77. The van der Waals surface area contributed by atoms with E-state index in [0.29, 0.717) is 23.2 Å². The molecule has 2 heterocycles. The molecule has 0 aliphatic rings. The first-order valence-electron chi connectivity index (χ1n) is 9.07. The van der Waals surface area contributed by atoms with E-state index in [0.717, 1.165) is 23.1 Å². The molecule has 6 heteroatoms. The predicted molar refractivity (Wildman–Crippen MR) is 105 cm³/mol. The molecule has 4 aromatic rings. The quantitative estimate of drug-likeness (QED) is 0.496. The Morgan fingerprint density at radius 2 is 1.75 bits per heavy atom. The molecule has 4 rings (SSSR count). The van der Waals surface area contributed by atoms with E-state index < -0.39 is 11.6 Å². The monoisotopic (exact) mass is 379 g/mol. The first-order chi connectivity index (χ1) is 13.6. The molecule has 0 aliphatic carbocycles. The van der Waals surface area contributed by atoms with Gasteiger partial charge < -0.3 is 4.74 Å². The Morgan fingerprint density at radius 3 is 2.39 bits per heavy atom. The number of halogens is 2. The van der Waals surface area contributed by atoms with Gasteiger partial charge in [0.05, 0.1) is 30.1 Å². The zero-order valence-corrected chi connectivity index (χ0v) is 15.6. The van der Waals surface area contributed by atoms with Gasteiger partial charge in [-0.05, 0) is 54.4 Å². The molecule has 0 atom stereocenters. The number of methoxy groups -OCH3 is 1. The maximum Gasteiger partial charge on any atom is 0.135 e. The van der Waals surface area contributed by atoms with Crippen LogP contribution in [0.5, 0.6) is 5.75 Å². The minimum absolute atomic E-state index is 0.122. The molecular weight excluding hydrogens is 360 g/mol. The van der Waals surface area contributed by atoms with Gasteiger partial charge in [0, 0.05) is 10.9 Å². The van der Waals surface area contributed by atoms with Gasteiger partial charge in [-0.1, -0.05) is 13.3 Å². The summed E-state index contributed by atoms with van der Waals surface area (Å²) >= 11 is 0. The normalized spacial score (nSPS) is 11.1. The highest BCUT2D eigenvalue weighted by Gasteiger charge is 2.17. The van der Waals surface area contributed by atoms with Gasteiger partial charge in [-0.25, -0.2) is 8.78 Å². The number of aromatic amines is 1. The average Bonchev–Trinajstić information content (AvgIpc) is 3.11. The van der Waals surface area contributed by atoms with E-state index in [-0.39, 0.29) is 11.3 Å². The molecule has 0 bridgehead atoms. The lowest BCUT2D eigenvalue weighted by Crippen LogP contribution is -1.96. The molecule has 142 valence electrons. The summed E-state index contributed by atoms with van der Waals surface area (Å²) in [5.41, 5.74) is 3.00. The zero-order chi connectivity index (χ0) is 19.7. The lowest BCUT2D eigenvalue weighted by molar-refractivity contribution is 0.415. The molecule has 0 radical (unpaired) electrons. The summed E-state index contributed by atoms with van der Waals surface area (Å²) in [6, 6.07) is 11.9. The molecule has 0 spiro atoms. The fraction of sp³-hybridized carbons (Fsp3) is 0.182. The third kappa shape index (κ3) is 3.22. The van der Waals surface area contributed by atoms with Gasteiger partial charge in [0.15, 0.2) is 0 Å². The molecular formula is C22H19F2N3O. The van der Waals surface area contributed by atoms with Crippen LogP contribution in [0, 0.1) is 11.6 Å². The number of hydrogen-bond donors (Lipinski definition) is 1. The number of fused-ring (bicyclic) bond motifs is 1. The van der Waals surface area contributed by atoms with E-state index in [9.17, 15) is 8.78 Å². The number of aromatic nitrogens is 3. The van der Waals surface area contributed by atoms with Gasteiger partial charge in [0.2, 0.25) is 0 Å². The van der Waals surface area contributed by atoms with Crippen molar-refractivity contribution in [1.29, 1.82) is 0 Å². The number of nitrogens with one attached hydrogen (secondary N) is 1. The zero-order valence-electron chi connectivity index (χ0n) is 15.6. The van der Waals surface area contributed by atoms with Crippen LogP contribution in [0.4, 0.5) is 8.78 Å². The summed E-state index contributed by atoms with van der Waals surface area (Å²) in [6.07, 6.45) is 3.00. The van der Waals surface area contributed by atoms with Crippen LogP contribution in [-0.2, 0) is 6.42 Å². The molecule has 0 saturated carbocycles. The van der Waals surface area contributed by atoms with Crippen molar-refractivity contribution in [3.8, 4) is 28.3 Å². The van der Waals surface area contributed by atoms with Gasteiger partial charge >= 0.3 is 0 Å². The van der Waals surface area contributed by atoms with Gasteiger partial charge in [-0.2, -0.15) is 5.10 Å². The molecule has 28 heavy (non-hydrogen) atoms. The highest BCUT2D eigenvalue weighted by Crippen LogP contribution is 2.32. The number of nitrogens with zero attached hydrogens (tertiary/aromatic N) is 2. The van der Waals surface area contributed by atoms with Crippen LogP contribution in [0.2, 0.25) is 0 Å². The minimum atomic E-state index is -0.607. The second-order valence-corrected chi connectivity index (χ2v) is 6.60. The number of ether oxygens (including phenoxy) is 1. The third-order valence-electron chi connectivity index (χ3n) is 4.71. The lowest BCUT2D eigenvalue weighted by Gasteiger charge is -2.08. The second-order valence-electron chi connectivity index (χ2n) is 6.60. The summed E-state index contributed by atoms with van der Waals surface area (Å²) in [4.78, 5) is 4.24. The molecule has 0 aliphatic heterocycles. The average molecular weight is 379 g/mol. The summed E-state index contributed by atoms with van der Waals surface area (Å²) in [6.45, 7) is 1.97. The van der Waals surface area contributed by atoms with Crippen LogP contribution in [0.15, 0.2) is 48.7 Å². The van der Waals surface area contributed by atoms with Gasteiger partial charge in [-0.3, -0.25) is 10.1 Å². The fourth-order valence-corrected chi connectivity index (χ4v) is 3.33. The van der Waals surface area contributed by atoms with E-state index in [1.54, 1.807) is 19.4 Å². The Balaban J connectivity index is 1.82. The van der Waals surface area contributed by atoms with Crippen LogP contribution < -0.4 is 4.74 Å². The Labute approximate surface area is 161 Å². The van der Waals surface area contributed by atoms with Crippen LogP contribution in [0.1, 0.15) is 18.9 Å². The first kappa shape index (κ1) is 18.1. The smallest absolute Gasteiger partial charge is 0.135 e. The molecule has 2 aromatic carbocycles. The summed E-state index contributed by atoms with van der Waals surface area (Å²) < 4.78 is 34.5. The first-order valence-corrected chi connectivity index (χ1v) is 9.07. The van der Waals surface area contributed by atoms with Crippen molar-refractivity contribution in [2.45, 2.75) is 19.8 Å². The van der Waals surface area contributed by atoms with Gasteiger partial charge in [0.25, 0.3) is 0 Å². The summed E-state index contributed by atoms with van der Waals surface area (Å²) in [5.74, 6) is -0.475. The van der Waals surface area contributed by atoms with E-state index in [2.05, 4.69) is 15.2 Å². The standard InChI is InChI=1S/C22H19F2N3O/c1-3-4-13-9-17(23)21(18(24)10-13)19-11-16-20(12-25-19)26-27-22(16)14-5-7-15(28-2)8-6-14/h5-12H,3-4H2,1-2H3,(H,26,27). The van der Waals surface area contributed by atoms with Crippen LogP contribution in [-0.4, -0.2) is 22.3 Å². The van der Waals surface area contributed by atoms with Crippen LogP contribution in [0.25, 0.3) is 33.4 Å². The third-order valence-corrected chi connectivity index (χ3v) is 4.71. The molecule has 4 nitrogen and oxygen atoms in total. The molecule has 0 saturated heterocycles. The summed E-state index contributed by atoms with van der Waals surface area (Å²) in [5, 5.41) is 8.01. The van der Waals surface area contributed by atoms with Crippen molar-refractivity contribution in [2.75, 3.05) is 7.11 Å². The Morgan fingerprint density at radius 1 is 1.04 bits per heavy atom. The minimum Gasteiger partial charge on any atom is -0.497 e. The van der Waals surface area contributed by atoms with E-state index in [1.165, 1.54) is 12.1 Å². The van der Waals surface area contributed by atoms with Gasteiger partial charge in [-0.15, -0.1) is 0 Å². The maximum absolute atomic E-state index is 14.6. The SMILES string of the molecule is CCCc1cc(F)c(-c2cc3c(-c4ccc(OC)cc4)n[nH]c3cn2)c(F)c1. The van der Waals surface area contributed by atoms with Gasteiger partial charge in [0.1, 0.15) is 23.1 Å². The van der Waals surface area contributed by atoms with Crippen molar-refractivity contribution in [3.05, 3.63) is 65.9 Å². The molecule has 0 fully saturated rings. The molecule has 0 unspecified atom stereocenters. The second kappa shape index (κ2) is 7.38. The van der Waals surface area contributed by atoms with Crippen molar-refractivity contribution in [3.63, 3.8) is 0 Å². The number of H-pyrrole nitrogens is 1. The highest BCUT2D eigenvalue weighted by atomic mass is 19.1. The largest absolute Gasteiger partial charge is 0.497 e. The predicted octanol–water partition coefficient (Wildman–Crippen LogP) is 5.53. The maximum atomic E-state index is 14.6. The number of aryl methyl sites for hydroxylation is 1. The summed E-state index contributed by atoms with van der Waals surface area (Å²) in [7, 11) is 1.60. The van der Waals surface area contributed by atoms with Crippen LogP contribution >= 0.6 is 0 Å². The van der Waals surface area contributed by atoms with Crippen LogP contribution in [0.3, 0.4) is 0 Å². The Hall–Kier alpha value is -3.28. The number of rotatable bonds is 5.